The fraction of sp³-hybridized carbons (Fsp3) is 0.727. The van der Waals surface area contributed by atoms with Crippen molar-refractivity contribution in [2.45, 2.75) is 32.2 Å². The third-order valence-corrected chi connectivity index (χ3v) is 3.92. The third kappa shape index (κ3) is 1.17. The van der Waals surface area contributed by atoms with Crippen molar-refractivity contribution in [2.75, 3.05) is 17.2 Å². The van der Waals surface area contributed by atoms with Crippen molar-refractivity contribution >= 4 is 11.5 Å². The number of nitrogen functional groups attached to an aromatic ring is 1. The van der Waals surface area contributed by atoms with Gasteiger partial charge in [-0.15, -0.1) is 0 Å². The van der Waals surface area contributed by atoms with Gasteiger partial charge < -0.3 is 10.6 Å². The maximum Gasteiger partial charge on any atom is 0.150 e. The van der Waals surface area contributed by atoms with Crippen LogP contribution in [0.4, 0.5) is 11.5 Å². The Morgan fingerprint density at radius 2 is 2.20 bits per heavy atom. The molecule has 0 radical (unpaired) electrons. The van der Waals surface area contributed by atoms with E-state index in [1.165, 1.54) is 25.8 Å². The Labute approximate surface area is 90.0 Å². The van der Waals surface area contributed by atoms with E-state index in [0.717, 1.165) is 23.1 Å². The molecule has 1 aliphatic carbocycles. The van der Waals surface area contributed by atoms with E-state index < -0.39 is 0 Å². The summed E-state index contributed by atoms with van der Waals surface area (Å²) >= 11 is 0. The lowest BCUT2D eigenvalue weighted by atomic mass is 10.1. The van der Waals surface area contributed by atoms with Crippen LogP contribution in [0.3, 0.4) is 0 Å². The molecule has 0 spiro atoms. The van der Waals surface area contributed by atoms with Gasteiger partial charge in [-0.05, 0) is 32.1 Å². The molecule has 1 aliphatic heterocycles. The fourth-order valence-electron chi connectivity index (χ4n) is 3.19. The summed E-state index contributed by atoms with van der Waals surface area (Å²) in [5, 5.41) is 4.39. The minimum Gasteiger partial charge on any atom is -0.394 e. The van der Waals surface area contributed by atoms with Crippen molar-refractivity contribution < 1.29 is 0 Å². The number of nitrogens with zero attached hydrogens (tertiary/aromatic N) is 3. The van der Waals surface area contributed by atoms with Crippen LogP contribution in [0.15, 0.2) is 0 Å². The van der Waals surface area contributed by atoms with E-state index in [2.05, 4.69) is 10.00 Å². The van der Waals surface area contributed by atoms with Gasteiger partial charge in [-0.1, -0.05) is 0 Å². The summed E-state index contributed by atoms with van der Waals surface area (Å²) in [6.07, 6.45) is 4.08. The fourth-order valence-corrected chi connectivity index (χ4v) is 3.19. The van der Waals surface area contributed by atoms with Crippen molar-refractivity contribution in [3.8, 4) is 0 Å². The lowest BCUT2D eigenvalue weighted by Gasteiger charge is -2.29. The Morgan fingerprint density at radius 1 is 1.40 bits per heavy atom. The zero-order chi connectivity index (χ0) is 10.6. The zero-order valence-electron chi connectivity index (χ0n) is 9.40. The van der Waals surface area contributed by atoms with E-state index in [1.807, 2.05) is 18.7 Å². The zero-order valence-corrected chi connectivity index (χ0v) is 9.40. The molecule has 4 heteroatoms. The molecule has 3 rings (SSSR count). The molecular formula is C11H18N4. The first-order valence-corrected chi connectivity index (χ1v) is 5.72. The van der Waals surface area contributed by atoms with Gasteiger partial charge in [0.2, 0.25) is 0 Å². The van der Waals surface area contributed by atoms with Gasteiger partial charge >= 0.3 is 0 Å². The first-order valence-electron chi connectivity index (χ1n) is 5.72. The summed E-state index contributed by atoms with van der Waals surface area (Å²) in [5.41, 5.74) is 7.91. The maximum absolute atomic E-state index is 6.09. The first kappa shape index (κ1) is 9.07. The Hall–Kier alpha value is -1.19. The van der Waals surface area contributed by atoms with E-state index >= 15 is 0 Å². The summed E-state index contributed by atoms with van der Waals surface area (Å²) in [6.45, 7) is 3.15. The van der Waals surface area contributed by atoms with Crippen LogP contribution in [0, 0.1) is 12.8 Å². The van der Waals surface area contributed by atoms with Crippen LogP contribution < -0.4 is 10.6 Å². The van der Waals surface area contributed by atoms with Crippen molar-refractivity contribution in [1.29, 1.82) is 0 Å². The molecule has 2 heterocycles. The Morgan fingerprint density at radius 3 is 2.67 bits per heavy atom. The number of hydrogen-bond acceptors (Lipinski definition) is 3. The summed E-state index contributed by atoms with van der Waals surface area (Å²) in [6, 6.07) is 0.715. The number of fused-ring (bicyclic) bond motifs is 2. The second-order valence-corrected chi connectivity index (χ2v) is 4.93. The number of rotatable bonds is 1. The predicted octanol–water partition coefficient (Wildman–Crippen LogP) is 1.30. The molecule has 1 aromatic heterocycles. The smallest absolute Gasteiger partial charge is 0.150 e. The molecule has 82 valence electrons. The average Bonchev–Trinajstić information content (AvgIpc) is 2.83. The van der Waals surface area contributed by atoms with E-state index in [9.17, 15) is 0 Å². The second-order valence-electron chi connectivity index (χ2n) is 4.93. The van der Waals surface area contributed by atoms with Crippen LogP contribution in [-0.4, -0.2) is 22.4 Å². The highest BCUT2D eigenvalue weighted by Gasteiger charge is 2.39. The van der Waals surface area contributed by atoms with Crippen LogP contribution in [0.2, 0.25) is 0 Å². The van der Waals surface area contributed by atoms with Crippen LogP contribution in [0.5, 0.6) is 0 Å². The van der Waals surface area contributed by atoms with Crippen LogP contribution >= 0.6 is 0 Å². The van der Waals surface area contributed by atoms with Gasteiger partial charge in [0, 0.05) is 19.6 Å². The normalized spacial score (nSPS) is 29.1. The first-order chi connectivity index (χ1) is 7.16. The molecule has 1 aromatic rings. The monoisotopic (exact) mass is 206 g/mol. The Balaban J connectivity index is 1.99. The van der Waals surface area contributed by atoms with E-state index in [1.54, 1.807) is 0 Å². The quantitative estimate of drug-likeness (QED) is 0.753. The number of aromatic nitrogens is 2. The molecule has 0 aromatic carbocycles. The molecule has 2 aliphatic rings. The standard InChI is InChI=1S/C11H18N4/c1-7-10(12)11(14(2)13-7)15-6-8-3-4-9(15)5-8/h8-9H,3-6,12H2,1-2H3. The third-order valence-electron chi connectivity index (χ3n) is 3.92. The van der Waals surface area contributed by atoms with Gasteiger partial charge in [-0.25, -0.2) is 0 Å². The molecule has 15 heavy (non-hydrogen) atoms. The van der Waals surface area contributed by atoms with Crippen LogP contribution in [-0.2, 0) is 7.05 Å². The van der Waals surface area contributed by atoms with E-state index in [4.69, 9.17) is 5.73 Å². The summed E-state index contributed by atoms with van der Waals surface area (Å²) in [4.78, 5) is 2.46. The molecule has 2 N–H and O–H groups in total. The van der Waals surface area contributed by atoms with Gasteiger partial charge in [-0.2, -0.15) is 5.10 Å². The van der Waals surface area contributed by atoms with Gasteiger partial charge in [0.25, 0.3) is 0 Å². The number of nitrogens with two attached hydrogens (primary N) is 1. The minimum atomic E-state index is 0.715. The van der Waals surface area contributed by atoms with Crippen molar-refractivity contribution in [1.82, 2.24) is 9.78 Å². The Kier molecular flexibility index (Phi) is 1.75. The molecule has 2 fully saturated rings. The highest BCUT2D eigenvalue weighted by Crippen LogP contribution is 2.42. The van der Waals surface area contributed by atoms with Crippen LogP contribution in [0.1, 0.15) is 25.0 Å². The molecule has 2 bridgehead atoms. The largest absolute Gasteiger partial charge is 0.394 e. The van der Waals surface area contributed by atoms with Gasteiger partial charge in [0.05, 0.1) is 11.4 Å². The highest BCUT2D eigenvalue weighted by molar-refractivity contribution is 5.67. The molecule has 1 saturated carbocycles. The van der Waals surface area contributed by atoms with E-state index in [0.29, 0.717) is 6.04 Å². The predicted molar refractivity (Wildman–Crippen MR) is 60.8 cm³/mol. The molecule has 2 unspecified atom stereocenters. The molecule has 2 atom stereocenters. The molecule has 0 amide bonds. The molecule has 4 nitrogen and oxygen atoms in total. The topological polar surface area (TPSA) is 47.1 Å². The second kappa shape index (κ2) is 2.90. The highest BCUT2D eigenvalue weighted by atomic mass is 15.4. The van der Waals surface area contributed by atoms with Crippen LogP contribution in [0.25, 0.3) is 0 Å². The average molecular weight is 206 g/mol. The number of piperidine rings is 1. The molecule has 1 saturated heterocycles. The summed E-state index contributed by atoms with van der Waals surface area (Å²) in [7, 11) is 1.99. The van der Waals surface area contributed by atoms with Gasteiger partial charge in [0.1, 0.15) is 0 Å². The summed E-state index contributed by atoms with van der Waals surface area (Å²) in [5.74, 6) is 2.03. The van der Waals surface area contributed by atoms with Gasteiger partial charge in [0.15, 0.2) is 5.82 Å². The number of hydrogen-bond donors (Lipinski definition) is 1. The molecular weight excluding hydrogens is 188 g/mol. The lowest BCUT2D eigenvalue weighted by molar-refractivity contribution is 0.542. The number of aryl methyl sites for hydroxylation is 2. The minimum absolute atomic E-state index is 0.715. The number of anilines is 2. The van der Waals surface area contributed by atoms with Crippen molar-refractivity contribution in [2.24, 2.45) is 13.0 Å². The van der Waals surface area contributed by atoms with Gasteiger partial charge in [-0.3, -0.25) is 4.68 Å². The van der Waals surface area contributed by atoms with Crippen molar-refractivity contribution in [3.05, 3.63) is 5.69 Å². The Bertz CT molecular complexity index is 396. The lowest BCUT2D eigenvalue weighted by Crippen LogP contribution is -2.33. The van der Waals surface area contributed by atoms with E-state index in [-0.39, 0.29) is 0 Å². The SMILES string of the molecule is Cc1nn(C)c(N2CC3CCC2C3)c1N. The summed E-state index contributed by atoms with van der Waals surface area (Å²) < 4.78 is 1.94. The maximum atomic E-state index is 6.09. The van der Waals surface area contributed by atoms with Crippen molar-refractivity contribution in [3.63, 3.8) is 0 Å².